The van der Waals surface area contributed by atoms with E-state index in [4.69, 9.17) is 15.9 Å². The third kappa shape index (κ3) is 3.01. The molecule has 1 saturated heterocycles. The summed E-state index contributed by atoms with van der Waals surface area (Å²) in [5, 5.41) is 18.1. The van der Waals surface area contributed by atoms with Gasteiger partial charge in [0.25, 0.3) is 0 Å². The van der Waals surface area contributed by atoms with E-state index in [0.29, 0.717) is 5.92 Å². The predicted molar refractivity (Wildman–Crippen MR) is 77.5 cm³/mol. The number of hydrogen-bond acceptors (Lipinski definition) is 4. The molecule has 2 rings (SSSR count). The van der Waals surface area contributed by atoms with Gasteiger partial charge in [0.05, 0.1) is 11.3 Å². The molecule has 1 fully saturated rings. The largest absolute Gasteiger partial charge is 0.478 e. The number of aliphatic hydroxyl groups excluding tert-OH is 1. The van der Waals surface area contributed by atoms with Crippen molar-refractivity contribution in [3.8, 4) is 0 Å². The summed E-state index contributed by atoms with van der Waals surface area (Å²) in [6.45, 7) is 1.90. The number of aromatic carboxylic acids is 1. The molecule has 104 valence electrons. The number of rotatable bonds is 4. The fourth-order valence-electron chi connectivity index (χ4n) is 2.47. The summed E-state index contributed by atoms with van der Waals surface area (Å²) in [6, 6.07) is 3.25. The summed E-state index contributed by atoms with van der Waals surface area (Å²) >= 11 is 3.44. The van der Waals surface area contributed by atoms with Gasteiger partial charge in [-0.2, -0.15) is 0 Å². The summed E-state index contributed by atoms with van der Waals surface area (Å²) < 4.78 is 0.805. The number of nitrogens with two attached hydrogens (primary N) is 1. The van der Waals surface area contributed by atoms with Gasteiger partial charge in [-0.15, -0.1) is 0 Å². The first-order valence-electron chi connectivity index (χ1n) is 6.21. The first kappa shape index (κ1) is 14.1. The lowest BCUT2D eigenvalue weighted by Crippen LogP contribution is -2.21. The first-order valence-corrected chi connectivity index (χ1v) is 7.00. The Labute approximate surface area is 120 Å². The lowest BCUT2D eigenvalue weighted by atomic mass is 10.1. The van der Waals surface area contributed by atoms with Gasteiger partial charge in [-0.05, 0) is 46.8 Å². The molecule has 0 radical (unpaired) electrons. The van der Waals surface area contributed by atoms with Crippen molar-refractivity contribution >= 4 is 33.3 Å². The zero-order chi connectivity index (χ0) is 14.0. The van der Waals surface area contributed by atoms with Gasteiger partial charge >= 0.3 is 5.97 Å². The summed E-state index contributed by atoms with van der Waals surface area (Å²) in [5.41, 5.74) is 6.94. The standard InChI is InChI=1S/C13H17BrN2O3/c14-10-6-11(15)9(13(18)19)5-12(10)16-3-1-8(7-16)2-4-17/h5-6,8,17H,1-4,7,15H2,(H,18,19). The summed E-state index contributed by atoms with van der Waals surface area (Å²) in [4.78, 5) is 13.3. The highest BCUT2D eigenvalue weighted by Crippen LogP contribution is 2.34. The zero-order valence-electron chi connectivity index (χ0n) is 10.5. The van der Waals surface area contributed by atoms with Crippen LogP contribution in [0.5, 0.6) is 0 Å². The first-order chi connectivity index (χ1) is 9.02. The second kappa shape index (κ2) is 5.79. The molecular formula is C13H17BrN2O3. The van der Waals surface area contributed by atoms with Gasteiger partial charge in [0.15, 0.2) is 0 Å². The van der Waals surface area contributed by atoms with Crippen LogP contribution in [-0.2, 0) is 0 Å². The number of benzene rings is 1. The molecule has 0 bridgehead atoms. The summed E-state index contributed by atoms with van der Waals surface area (Å²) in [5.74, 6) is -0.555. The molecule has 1 aromatic carbocycles. The fraction of sp³-hybridized carbons (Fsp3) is 0.462. The van der Waals surface area contributed by atoms with E-state index in [2.05, 4.69) is 20.8 Å². The average Bonchev–Trinajstić information content (AvgIpc) is 2.77. The van der Waals surface area contributed by atoms with Crippen LogP contribution in [0.25, 0.3) is 0 Å². The van der Waals surface area contributed by atoms with Gasteiger partial charge in [-0.1, -0.05) is 0 Å². The van der Waals surface area contributed by atoms with E-state index in [0.717, 1.165) is 36.1 Å². The van der Waals surface area contributed by atoms with Crippen molar-refractivity contribution in [2.45, 2.75) is 12.8 Å². The second-order valence-corrected chi connectivity index (χ2v) is 5.66. The van der Waals surface area contributed by atoms with Crippen molar-refractivity contribution in [2.75, 3.05) is 30.3 Å². The molecule has 1 aromatic rings. The Balaban J connectivity index is 2.25. The van der Waals surface area contributed by atoms with E-state index in [9.17, 15) is 4.79 Å². The number of nitrogen functional groups attached to an aromatic ring is 1. The number of carboxylic acid groups (broad SMARTS) is 1. The number of halogens is 1. The Hall–Kier alpha value is -1.27. The van der Waals surface area contributed by atoms with Gasteiger partial charge < -0.3 is 20.8 Å². The molecule has 0 aliphatic carbocycles. The molecule has 6 heteroatoms. The molecule has 0 aromatic heterocycles. The maximum atomic E-state index is 11.1. The fourth-order valence-corrected chi connectivity index (χ4v) is 3.09. The molecule has 4 N–H and O–H groups in total. The van der Waals surface area contributed by atoms with Crippen LogP contribution in [0.4, 0.5) is 11.4 Å². The monoisotopic (exact) mass is 328 g/mol. The Bertz CT molecular complexity index is 493. The maximum Gasteiger partial charge on any atom is 0.337 e. The van der Waals surface area contributed by atoms with Crippen LogP contribution in [-0.4, -0.2) is 35.9 Å². The minimum Gasteiger partial charge on any atom is -0.478 e. The van der Waals surface area contributed by atoms with Crippen molar-refractivity contribution in [3.63, 3.8) is 0 Å². The number of hydrogen-bond donors (Lipinski definition) is 3. The minimum absolute atomic E-state index is 0.129. The molecule has 0 amide bonds. The lowest BCUT2D eigenvalue weighted by Gasteiger charge is -2.21. The number of carbonyl (C=O) groups is 1. The number of aliphatic hydroxyl groups is 1. The van der Waals surface area contributed by atoms with Crippen molar-refractivity contribution < 1.29 is 15.0 Å². The molecule has 19 heavy (non-hydrogen) atoms. The van der Waals surface area contributed by atoms with Crippen LogP contribution in [0.3, 0.4) is 0 Å². The third-order valence-electron chi connectivity index (χ3n) is 3.51. The predicted octanol–water partition coefficient (Wildman–Crippen LogP) is 1.94. The topological polar surface area (TPSA) is 86.8 Å². The van der Waals surface area contributed by atoms with Crippen LogP contribution < -0.4 is 10.6 Å². The molecule has 1 atom stereocenters. The highest BCUT2D eigenvalue weighted by atomic mass is 79.9. The molecule has 1 heterocycles. The van der Waals surface area contributed by atoms with Crippen LogP contribution in [0, 0.1) is 5.92 Å². The Kier molecular flexibility index (Phi) is 4.31. The average molecular weight is 329 g/mol. The van der Waals surface area contributed by atoms with Gasteiger partial charge in [0.1, 0.15) is 0 Å². The van der Waals surface area contributed by atoms with E-state index >= 15 is 0 Å². The van der Waals surface area contributed by atoms with Crippen LogP contribution in [0.1, 0.15) is 23.2 Å². The number of anilines is 2. The molecule has 1 aliphatic rings. The second-order valence-electron chi connectivity index (χ2n) is 4.81. The molecule has 5 nitrogen and oxygen atoms in total. The highest BCUT2D eigenvalue weighted by molar-refractivity contribution is 9.10. The molecule has 1 unspecified atom stereocenters. The van der Waals surface area contributed by atoms with Crippen molar-refractivity contribution in [3.05, 3.63) is 22.2 Å². The van der Waals surface area contributed by atoms with Gasteiger partial charge in [-0.3, -0.25) is 0 Å². The van der Waals surface area contributed by atoms with E-state index < -0.39 is 5.97 Å². The molecule has 0 saturated carbocycles. The van der Waals surface area contributed by atoms with Crippen LogP contribution >= 0.6 is 15.9 Å². The smallest absolute Gasteiger partial charge is 0.337 e. The van der Waals surface area contributed by atoms with E-state index in [1.807, 2.05) is 0 Å². The number of nitrogens with zero attached hydrogens (tertiary/aromatic N) is 1. The summed E-state index contributed by atoms with van der Waals surface area (Å²) in [6.07, 6.45) is 1.80. The lowest BCUT2D eigenvalue weighted by molar-refractivity contribution is 0.0698. The Morgan fingerprint density at radius 3 is 2.89 bits per heavy atom. The number of carboxylic acids is 1. The quantitative estimate of drug-likeness (QED) is 0.735. The van der Waals surface area contributed by atoms with Gasteiger partial charge in [0, 0.05) is 29.9 Å². The summed E-state index contributed by atoms with van der Waals surface area (Å²) in [7, 11) is 0. The Morgan fingerprint density at radius 2 is 2.26 bits per heavy atom. The van der Waals surface area contributed by atoms with Gasteiger partial charge in [-0.25, -0.2) is 4.79 Å². The normalized spacial score (nSPS) is 18.8. The maximum absolute atomic E-state index is 11.1. The van der Waals surface area contributed by atoms with E-state index in [1.165, 1.54) is 0 Å². The third-order valence-corrected chi connectivity index (χ3v) is 4.15. The molecular weight excluding hydrogens is 312 g/mol. The van der Waals surface area contributed by atoms with E-state index in [-0.39, 0.29) is 17.9 Å². The highest BCUT2D eigenvalue weighted by Gasteiger charge is 2.25. The zero-order valence-corrected chi connectivity index (χ0v) is 12.1. The Morgan fingerprint density at radius 1 is 1.53 bits per heavy atom. The minimum atomic E-state index is -1.02. The SMILES string of the molecule is Nc1cc(Br)c(N2CCC(CCO)C2)cc1C(=O)O. The van der Waals surface area contributed by atoms with Gasteiger partial charge in [0.2, 0.25) is 0 Å². The van der Waals surface area contributed by atoms with Crippen molar-refractivity contribution in [1.29, 1.82) is 0 Å². The molecule has 0 spiro atoms. The van der Waals surface area contributed by atoms with Crippen LogP contribution in [0.15, 0.2) is 16.6 Å². The molecule has 1 aliphatic heterocycles. The van der Waals surface area contributed by atoms with Crippen molar-refractivity contribution in [1.82, 2.24) is 0 Å². The van der Waals surface area contributed by atoms with Crippen molar-refractivity contribution in [2.24, 2.45) is 5.92 Å². The van der Waals surface area contributed by atoms with Crippen LogP contribution in [0.2, 0.25) is 0 Å². The van der Waals surface area contributed by atoms with E-state index in [1.54, 1.807) is 12.1 Å².